The molecule has 0 aliphatic carbocycles. The number of carbonyl (C=O) groups excluding carboxylic acids is 3. The van der Waals surface area contributed by atoms with E-state index in [1.165, 1.54) is 0 Å². The summed E-state index contributed by atoms with van der Waals surface area (Å²) in [5, 5.41) is 26.7. The first-order chi connectivity index (χ1) is 5.20. The molecule has 0 fully saturated rings. The molecule has 0 saturated heterocycles. The van der Waals surface area contributed by atoms with Crippen LogP contribution in [0.4, 0.5) is 0 Å². The zero-order valence-electron chi connectivity index (χ0n) is 8.08. The molecule has 0 unspecified atom stereocenters. The second-order valence-electron chi connectivity index (χ2n) is 1.47. The SMILES string of the molecule is CC(=O)[O-].CC(=O)[O-].CC(=O)[O-].[Mn+2].[Mn+2].[Mn+2]. The van der Waals surface area contributed by atoms with Crippen LogP contribution in [0.3, 0.4) is 0 Å². The van der Waals surface area contributed by atoms with Gasteiger partial charge in [0.2, 0.25) is 0 Å². The number of hydrogen-bond donors (Lipinski definition) is 0. The minimum Gasteiger partial charge on any atom is -0.550 e. The first kappa shape index (κ1) is 36.3. The number of carboxylic acid groups (broad SMARTS) is 3. The van der Waals surface area contributed by atoms with E-state index in [0.717, 1.165) is 20.8 Å². The first-order valence-corrected chi connectivity index (χ1v) is 2.72. The summed E-state index contributed by atoms with van der Waals surface area (Å²) in [6, 6.07) is 0. The maximum absolute atomic E-state index is 8.89. The van der Waals surface area contributed by atoms with Crippen molar-refractivity contribution in [1.29, 1.82) is 0 Å². The Balaban J connectivity index is -0.0000000184. The number of carbonyl (C=O) groups is 3. The maximum atomic E-state index is 8.89. The number of carboxylic acids is 3. The summed E-state index contributed by atoms with van der Waals surface area (Å²) >= 11 is 0. The Morgan fingerprint density at radius 2 is 0.600 bits per heavy atom. The number of aliphatic carboxylic acids is 3. The van der Waals surface area contributed by atoms with Gasteiger partial charge in [0.25, 0.3) is 0 Å². The third-order valence-electron chi connectivity index (χ3n) is 0. The molecule has 0 aromatic rings. The summed E-state index contributed by atoms with van der Waals surface area (Å²) in [5.41, 5.74) is 0. The molecular formula is C6H9Mn3O6+3. The van der Waals surface area contributed by atoms with E-state index in [1.54, 1.807) is 0 Å². The summed E-state index contributed by atoms with van der Waals surface area (Å²) in [6.45, 7) is 2.92. The molecule has 0 heterocycles. The molecule has 0 amide bonds. The molecule has 0 aliphatic rings. The van der Waals surface area contributed by atoms with Crippen molar-refractivity contribution in [1.82, 2.24) is 0 Å². The van der Waals surface area contributed by atoms with Crippen LogP contribution in [0.2, 0.25) is 0 Å². The topological polar surface area (TPSA) is 120 Å². The zero-order chi connectivity index (χ0) is 10.7. The fourth-order valence-electron chi connectivity index (χ4n) is 0. The predicted octanol–water partition coefficient (Wildman–Crippen LogP) is -3.74. The van der Waals surface area contributed by atoms with Crippen LogP contribution in [-0.2, 0) is 65.6 Å². The third kappa shape index (κ3) is 2010000. The van der Waals surface area contributed by atoms with Gasteiger partial charge in [-0.2, -0.15) is 0 Å². The van der Waals surface area contributed by atoms with Crippen LogP contribution in [0, 0.1) is 0 Å². The molecule has 0 saturated carbocycles. The van der Waals surface area contributed by atoms with Gasteiger partial charge < -0.3 is 29.7 Å². The van der Waals surface area contributed by atoms with Gasteiger partial charge in [0.15, 0.2) is 0 Å². The van der Waals surface area contributed by atoms with Crippen molar-refractivity contribution in [3.63, 3.8) is 0 Å². The minimum absolute atomic E-state index is 0. The van der Waals surface area contributed by atoms with Gasteiger partial charge in [0.05, 0.1) is 0 Å². The molecule has 0 aromatic heterocycles. The van der Waals surface area contributed by atoms with Gasteiger partial charge in [-0.05, 0) is 20.8 Å². The van der Waals surface area contributed by atoms with E-state index in [0.29, 0.717) is 0 Å². The number of hydrogen-bond acceptors (Lipinski definition) is 6. The van der Waals surface area contributed by atoms with Crippen LogP contribution in [0.5, 0.6) is 0 Å². The van der Waals surface area contributed by atoms with Crippen molar-refractivity contribution in [3.05, 3.63) is 0 Å². The second kappa shape index (κ2) is 29.2. The average Bonchev–Trinajstić information content (AvgIpc) is 1.54. The Bertz CT molecular complexity index is 120. The van der Waals surface area contributed by atoms with E-state index < -0.39 is 17.9 Å². The van der Waals surface area contributed by atoms with Gasteiger partial charge in [-0.25, -0.2) is 0 Å². The molecule has 0 aliphatic heterocycles. The third-order valence-corrected chi connectivity index (χ3v) is 0. The van der Waals surface area contributed by atoms with Crippen LogP contribution >= 0.6 is 0 Å². The van der Waals surface area contributed by atoms with Gasteiger partial charge in [0.1, 0.15) is 0 Å². The van der Waals surface area contributed by atoms with Crippen molar-refractivity contribution < 1.29 is 80.9 Å². The first-order valence-electron chi connectivity index (χ1n) is 2.72. The van der Waals surface area contributed by atoms with Crippen molar-refractivity contribution >= 4 is 17.9 Å². The van der Waals surface area contributed by atoms with Crippen LogP contribution in [0.25, 0.3) is 0 Å². The van der Waals surface area contributed by atoms with Crippen molar-refractivity contribution in [2.75, 3.05) is 0 Å². The molecule has 3 radical (unpaired) electrons. The summed E-state index contributed by atoms with van der Waals surface area (Å²) in [6.07, 6.45) is 0. The summed E-state index contributed by atoms with van der Waals surface area (Å²) in [5.74, 6) is -3.25. The van der Waals surface area contributed by atoms with E-state index in [2.05, 4.69) is 0 Å². The van der Waals surface area contributed by atoms with Crippen LogP contribution in [0.15, 0.2) is 0 Å². The van der Waals surface area contributed by atoms with E-state index in [4.69, 9.17) is 29.7 Å². The van der Waals surface area contributed by atoms with Crippen LogP contribution in [0.1, 0.15) is 20.8 Å². The Labute approximate surface area is 119 Å². The molecule has 6 nitrogen and oxygen atoms in total. The molecular weight excluding hydrogens is 333 g/mol. The minimum atomic E-state index is -1.08. The molecule has 0 rings (SSSR count). The van der Waals surface area contributed by atoms with E-state index in [1.807, 2.05) is 0 Å². The molecule has 0 N–H and O–H groups in total. The normalized spacial score (nSPS) is 5.00. The van der Waals surface area contributed by atoms with E-state index >= 15 is 0 Å². The van der Waals surface area contributed by atoms with Crippen LogP contribution < -0.4 is 15.3 Å². The van der Waals surface area contributed by atoms with Gasteiger partial charge in [-0.15, -0.1) is 0 Å². The smallest absolute Gasteiger partial charge is 0.550 e. The van der Waals surface area contributed by atoms with Crippen molar-refractivity contribution in [2.24, 2.45) is 0 Å². The maximum Gasteiger partial charge on any atom is 2.00 e. The largest absolute Gasteiger partial charge is 2.00 e. The van der Waals surface area contributed by atoms with E-state index in [9.17, 15) is 0 Å². The molecule has 0 bridgehead atoms. The average molecular weight is 342 g/mol. The summed E-state index contributed by atoms with van der Waals surface area (Å²) < 4.78 is 0. The molecule has 0 spiro atoms. The Morgan fingerprint density at radius 1 is 0.600 bits per heavy atom. The Hall–Kier alpha value is -0.0316. The fourth-order valence-corrected chi connectivity index (χ4v) is 0. The van der Waals surface area contributed by atoms with Gasteiger partial charge >= 0.3 is 51.2 Å². The standard InChI is InChI=1S/3C2H4O2.3Mn/c3*1-2(3)4;;;/h3*1H3,(H,3,4);;;/q;;;3*+2/p-3. The van der Waals surface area contributed by atoms with Gasteiger partial charge in [-0.3, -0.25) is 0 Å². The summed E-state index contributed by atoms with van der Waals surface area (Å²) in [7, 11) is 0. The van der Waals surface area contributed by atoms with Crippen molar-refractivity contribution in [2.45, 2.75) is 20.8 Å². The zero-order valence-corrected chi connectivity index (χ0v) is 11.6. The Morgan fingerprint density at radius 3 is 0.600 bits per heavy atom. The quantitative estimate of drug-likeness (QED) is 0.417. The Kier molecular flexibility index (Phi) is 70.7. The second-order valence-corrected chi connectivity index (χ2v) is 1.47. The van der Waals surface area contributed by atoms with Gasteiger partial charge in [0, 0.05) is 17.9 Å². The van der Waals surface area contributed by atoms with E-state index in [-0.39, 0.29) is 51.2 Å². The molecule has 0 atom stereocenters. The van der Waals surface area contributed by atoms with Gasteiger partial charge in [-0.1, -0.05) is 0 Å². The molecule has 0 aromatic carbocycles. The monoisotopic (exact) mass is 342 g/mol. The number of rotatable bonds is 0. The van der Waals surface area contributed by atoms with Crippen molar-refractivity contribution in [3.8, 4) is 0 Å². The summed E-state index contributed by atoms with van der Waals surface area (Å²) in [4.78, 5) is 26.7. The molecule has 15 heavy (non-hydrogen) atoms. The fraction of sp³-hybridized carbons (Fsp3) is 0.500. The molecule has 87 valence electrons. The van der Waals surface area contributed by atoms with Crippen LogP contribution in [-0.4, -0.2) is 17.9 Å². The predicted molar refractivity (Wildman–Crippen MR) is 32.0 cm³/mol. The molecule has 9 heteroatoms.